The molecule has 1 aromatic rings. The molecule has 0 amide bonds. The maximum Gasteiger partial charge on any atom is 1.00 e. The van der Waals surface area contributed by atoms with Crippen molar-refractivity contribution in [2.75, 3.05) is 0 Å². The summed E-state index contributed by atoms with van der Waals surface area (Å²) in [4.78, 5) is 11.0. The van der Waals surface area contributed by atoms with E-state index in [1.54, 1.807) is 12.1 Å². The third kappa shape index (κ3) is 5.06. The van der Waals surface area contributed by atoms with Gasteiger partial charge in [0, 0.05) is 12.5 Å². The molecule has 3 nitrogen and oxygen atoms in total. The van der Waals surface area contributed by atoms with Crippen molar-refractivity contribution in [2.45, 2.75) is 32.6 Å². The number of hydrogen-bond acceptors (Lipinski definition) is 4. The Kier molecular flexibility index (Phi) is 7.07. The van der Waals surface area contributed by atoms with E-state index in [0.29, 0.717) is 5.75 Å². The van der Waals surface area contributed by atoms with Crippen LogP contribution in [-0.4, -0.2) is 11.0 Å². The molecule has 0 aliphatic carbocycles. The average molecular weight is 274 g/mol. The molecule has 0 atom stereocenters. The second kappa shape index (κ2) is 7.24. The minimum atomic E-state index is -0.440. The van der Waals surface area contributed by atoms with E-state index in [1.165, 1.54) is 6.92 Å². The number of carbonyl (C=O) groups is 1. The molecule has 0 bridgehead atoms. The fraction of sp³-hybridized carbons (Fsp3) is 0.385. The molecule has 0 heterocycles. The molecule has 5 heteroatoms. The van der Waals surface area contributed by atoms with Crippen LogP contribution in [0.4, 0.5) is 0 Å². The number of benzene rings is 1. The van der Waals surface area contributed by atoms with Crippen molar-refractivity contribution in [3.63, 3.8) is 0 Å². The van der Waals surface area contributed by atoms with Gasteiger partial charge in [0.15, 0.2) is 0 Å². The van der Waals surface area contributed by atoms with E-state index in [2.05, 4.69) is 12.2 Å². The molecule has 0 spiro atoms. The number of thiocarbonyl (C=S) groups is 1. The van der Waals surface area contributed by atoms with Gasteiger partial charge in [-0.2, -0.15) is 0 Å². The number of esters is 1. The maximum absolute atomic E-state index is 11.1. The molecule has 0 saturated heterocycles. The maximum atomic E-state index is 11.1. The van der Waals surface area contributed by atoms with Crippen molar-refractivity contribution in [2.24, 2.45) is 0 Å². The quantitative estimate of drug-likeness (QED) is 0.305. The Balaban J connectivity index is 0.00000289. The normalized spacial score (nSPS) is 10.4. The van der Waals surface area contributed by atoms with Crippen LogP contribution in [0, 0.1) is 0 Å². The first-order valence-electron chi connectivity index (χ1n) is 5.31. The van der Waals surface area contributed by atoms with Crippen LogP contribution in [-0.2, 0) is 10.2 Å². The molecule has 0 aliphatic heterocycles. The van der Waals surface area contributed by atoms with Gasteiger partial charge in [-0.3, -0.25) is 4.79 Å². The summed E-state index contributed by atoms with van der Waals surface area (Å²) in [5.41, 5.74) is 0.374. The van der Waals surface area contributed by atoms with Gasteiger partial charge < -0.3 is 9.84 Å². The van der Waals surface area contributed by atoms with E-state index in [-0.39, 0.29) is 47.0 Å². The van der Waals surface area contributed by atoms with E-state index >= 15 is 0 Å². The Labute approximate surface area is 135 Å². The largest absolute Gasteiger partial charge is 1.00 e. The van der Waals surface area contributed by atoms with Crippen molar-refractivity contribution in [1.29, 1.82) is 0 Å². The summed E-state index contributed by atoms with van der Waals surface area (Å²) in [6.45, 7) is 5.15. The van der Waals surface area contributed by atoms with Gasteiger partial charge >= 0.3 is 35.5 Å². The summed E-state index contributed by atoms with van der Waals surface area (Å²) in [6.07, 6.45) is 0.237. The molecule has 1 rings (SSSR count). The number of para-hydroxylation sites is 1. The third-order valence-corrected chi connectivity index (χ3v) is 2.60. The van der Waals surface area contributed by atoms with Crippen LogP contribution in [0.5, 0.6) is 5.75 Å². The Morgan fingerprint density at radius 2 is 1.94 bits per heavy atom. The van der Waals surface area contributed by atoms with Crippen LogP contribution in [0.25, 0.3) is 0 Å². The van der Waals surface area contributed by atoms with Gasteiger partial charge in [-0.05, 0) is 17.9 Å². The summed E-state index contributed by atoms with van der Waals surface area (Å²) in [7, 11) is 0. The van der Waals surface area contributed by atoms with Gasteiger partial charge in [0.25, 0.3) is 0 Å². The third-order valence-electron chi connectivity index (χ3n) is 2.46. The molecule has 0 saturated carbocycles. The van der Waals surface area contributed by atoms with Crippen molar-refractivity contribution in [3.05, 3.63) is 29.8 Å². The van der Waals surface area contributed by atoms with E-state index in [9.17, 15) is 9.90 Å². The zero-order valence-corrected chi connectivity index (χ0v) is 14.0. The molecule has 0 radical (unpaired) electrons. The van der Waals surface area contributed by atoms with Crippen molar-refractivity contribution >= 4 is 23.2 Å². The summed E-state index contributed by atoms with van der Waals surface area (Å²) in [5.74, 6) is 0.110. The molecule has 0 N–H and O–H groups in total. The smallest absolute Gasteiger partial charge is 0.867 e. The number of hydrogen-bond donors (Lipinski definition) is 0. The Morgan fingerprint density at radius 1 is 1.39 bits per heavy atom. The zero-order chi connectivity index (χ0) is 13.1. The topological polar surface area (TPSA) is 49.4 Å². The van der Waals surface area contributed by atoms with E-state index in [0.717, 1.165) is 5.56 Å². The van der Waals surface area contributed by atoms with Gasteiger partial charge in [0.2, 0.25) is 0 Å². The molecule has 18 heavy (non-hydrogen) atoms. The molecule has 1 aromatic carbocycles. The van der Waals surface area contributed by atoms with Crippen LogP contribution in [0.2, 0.25) is 0 Å². The molecule has 0 aliphatic rings. The fourth-order valence-electron chi connectivity index (χ4n) is 1.73. The van der Waals surface area contributed by atoms with Crippen molar-refractivity contribution < 1.29 is 44.2 Å². The van der Waals surface area contributed by atoms with Crippen LogP contribution in [0.3, 0.4) is 0 Å². The standard InChI is InChI=1S/C13H16O3S.Na/c1-9(14)16-11-7-5-4-6-10(11)13(2,3)8-12(15)17;/h4-7H,8H2,1-3H3,(H,15,17);/q;+1/p-1. The zero-order valence-electron chi connectivity index (χ0n) is 11.1. The minimum Gasteiger partial charge on any atom is -0.867 e. The minimum absolute atomic E-state index is 0. The first-order chi connectivity index (χ1) is 7.83. The fourth-order valence-corrected chi connectivity index (χ4v) is 2.09. The summed E-state index contributed by atoms with van der Waals surface area (Å²) >= 11 is 4.61. The Hall–Kier alpha value is -0.420. The molecule has 92 valence electrons. The summed E-state index contributed by atoms with van der Waals surface area (Å²) in [5, 5.41) is 10.8. The van der Waals surface area contributed by atoms with E-state index in [4.69, 9.17) is 4.74 Å². The first kappa shape index (κ1) is 17.6. The van der Waals surface area contributed by atoms with Gasteiger partial charge in [0.05, 0.1) is 0 Å². The van der Waals surface area contributed by atoms with Crippen molar-refractivity contribution in [1.82, 2.24) is 0 Å². The monoisotopic (exact) mass is 274 g/mol. The molecular formula is C13H15NaO3S. The Bertz CT molecular complexity index is 444. The second-order valence-corrected chi connectivity index (χ2v) is 4.98. The van der Waals surface area contributed by atoms with E-state index in [1.807, 2.05) is 26.0 Å². The molecule has 0 aromatic heterocycles. The predicted molar refractivity (Wildman–Crippen MR) is 68.0 cm³/mol. The molecule has 0 fully saturated rings. The van der Waals surface area contributed by atoms with E-state index < -0.39 is 5.41 Å². The van der Waals surface area contributed by atoms with Gasteiger partial charge in [0.1, 0.15) is 5.75 Å². The predicted octanol–water partition coefficient (Wildman–Crippen LogP) is -1.03. The number of rotatable bonds is 4. The average Bonchev–Trinajstić information content (AvgIpc) is 2.15. The summed E-state index contributed by atoms with van der Waals surface area (Å²) < 4.78 is 5.13. The number of carbonyl (C=O) groups excluding carboxylic acids is 1. The number of ether oxygens (including phenoxy) is 1. The Morgan fingerprint density at radius 3 is 2.44 bits per heavy atom. The van der Waals surface area contributed by atoms with Gasteiger partial charge in [-0.25, -0.2) is 0 Å². The van der Waals surface area contributed by atoms with Crippen LogP contribution < -0.4 is 39.4 Å². The van der Waals surface area contributed by atoms with Crippen LogP contribution in [0.1, 0.15) is 32.8 Å². The van der Waals surface area contributed by atoms with Crippen LogP contribution >= 0.6 is 12.2 Å². The van der Waals surface area contributed by atoms with Gasteiger partial charge in [-0.15, -0.1) is 12.2 Å². The second-order valence-electron chi connectivity index (χ2n) is 4.52. The van der Waals surface area contributed by atoms with Crippen LogP contribution in [0.15, 0.2) is 24.3 Å². The SMILES string of the molecule is CC(=O)Oc1ccccc1C(C)(C)CC([O-])=S.[Na+]. The van der Waals surface area contributed by atoms with Gasteiger partial charge in [-0.1, -0.05) is 37.1 Å². The summed E-state index contributed by atoms with van der Waals surface area (Å²) in [6, 6.07) is 7.19. The first-order valence-corrected chi connectivity index (χ1v) is 5.71. The molecule has 0 unspecified atom stereocenters. The van der Waals surface area contributed by atoms with Crippen molar-refractivity contribution in [3.8, 4) is 5.75 Å². The molecular weight excluding hydrogens is 259 g/mol.